The van der Waals surface area contributed by atoms with Crippen molar-refractivity contribution in [2.75, 3.05) is 0 Å². The van der Waals surface area contributed by atoms with Crippen LogP contribution in [0.4, 0.5) is 0 Å². The van der Waals surface area contributed by atoms with E-state index in [1.54, 1.807) is 0 Å². The molecule has 0 saturated heterocycles. The minimum Gasteiger partial charge on any atom is -0.455 e. The predicted molar refractivity (Wildman–Crippen MR) is 125 cm³/mol. The fourth-order valence-corrected chi connectivity index (χ4v) is 5.19. The summed E-state index contributed by atoms with van der Waals surface area (Å²) in [7, 11) is 0. The third-order valence-corrected chi connectivity index (χ3v) is 6.72. The fourth-order valence-electron chi connectivity index (χ4n) is 5.19. The highest BCUT2D eigenvalue weighted by atomic mass is 16.3. The molecule has 31 heavy (non-hydrogen) atoms. The number of rotatable bonds is 2. The largest absolute Gasteiger partial charge is 0.455 e. The summed E-state index contributed by atoms with van der Waals surface area (Å²) in [5.41, 5.74) is 6.74. The number of hydrogen-bond acceptors (Lipinski definition) is 3. The van der Waals surface area contributed by atoms with E-state index in [2.05, 4.69) is 49.4 Å². The van der Waals surface area contributed by atoms with Gasteiger partial charge in [-0.05, 0) is 78.6 Å². The van der Waals surface area contributed by atoms with Gasteiger partial charge in [0.1, 0.15) is 11.2 Å². The summed E-state index contributed by atoms with van der Waals surface area (Å²) in [4.78, 5) is 4.79. The van der Waals surface area contributed by atoms with Crippen LogP contribution in [0.1, 0.15) is 48.3 Å². The molecule has 1 aliphatic carbocycles. The van der Waals surface area contributed by atoms with Crippen molar-refractivity contribution in [1.82, 2.24) is 4.98 Å². The number of aromatic nitrogens is 1. The Morgan fingerprint density at radius 2 is 1.77 bits per heavy atom. The van der Waals surface area contributed by atoms with Crippen molar-refractivity contribution in [2.45, 2.75) is 38.5 Å². The summed E-state index contributed by atoms with van der Waals surface area (Å²) in [5.74, 6) is 0.691. The van der Waals surface area contributed by atoms with Gasteiger partial charge in [-0.3, -0.25) is 4.98 Å². The smallest absolute Gasteiger partial charge is 0.144 e. The summed E-state index contributed by atoms with van der Waals surface area (Å²) in [5, 5.41) is 13.7. The fraction of sp³-hybridized carbons (Fsp3) is 0.214. The number of pyridine rings is 1. The predicted octanol–water partition coefficient (Wildman–Crippen LogP) is 7.64. The van der Waals surface area contributed by atoms with Crippen LogP contribution < -0.4 is 0 Å². The van der Waals surface area contributed by atoms with E-state index in [9.17, 15) is 5.26 Å². The number of furan rings is 1. The van der Waals surface area contributed by atoms with Gasteiger partial charge in [0.05, 0.1) is 17.3 Å². The number of fused-ring (bicyclic) bond motifs is 4. The minimum atomic E-state index is 0.604. The van der Waals surface area contributed by atoms with Crippen LogP contribution in [0.3, 0.4) is 0 Å². The van der Waals surface area contributed by atoms with E-state index < -0.39 is 0 Å². The minimum absolute atomic E-state index is 0.604. The summed E-state index contributed by atoms with van der Waals surface area (Å²) in [6.07, 6.45) is 7.17. The van der Waals surface area contributed by atoms with Crippen molar-refractivity contribution in [3.63, 3.8) is 0 Å². The first-order chi connectivity index (χ1) is 15.2. The molecule has 5 aromatic rings. The Hall–Kier alpha value is -3.64. The van der Waals surface area contributed by atoms with Crippen molar-refractivity contribution in [3.05, 3.63) is 77.5 Å². The quantitative estimate of drug-likeness (QED) is 0.305. The Kier molecular flexibility index (Phi) is 4.07. The monoisotopic (exact) mass is 402 g/mol. The van der Waals surface area contributed by atoms with Crippen molar-refractivity contribution in [1.29, 1.82) is 5.26 Å². The third kappa shape index (κ3) is 2.91. The lowest BCUT2D eigenvalue weighted by Gasteiger charge is -2.12. The molecular formula is C28H22N2O. The van der Waals surface area contributed by atoms with E-state index >= 15 is 0 Å². The average molecular weight is 402 g/mol. The zero-order valence-electron chi connectivity index (χ0n) is 17.5. The molecule has 0 unspecified atom stereocenters. The Morgan fingerprint density at radius 3 is 2.61 bits per heavy atom. The Balaban J connectivity index is 1.59. The second-order valence-electron chi connectivity index (χ2n) is 8.74. The molecule has 3 nitrogen and oxygen atoms in total. The highest BCUT2D eigenvalue weighted by molar-refractivity contribution is 6.12. The molecule has 0 aliphatic heterocycles. The average Bonchev–Trinajstić information content (AvgIpc) is 3.45. The van der Waals surface area contributed by atoms with Gasteiger partial charge in [0, 0.05) is 27.9 Å². The van der Waals surface area contributed by atoms with Gasteiger partial charge in [0.2, 0.25) is 0 Å². The van der Waals surface area contributed by atoms with Crippen LogP contribution in [0.15, 0.2) is 65.2 Å². The molecule has 0 bridgehead atoms. The van der Waals surface area contributed by atoms with Crippen molar-refractivity contribution >= 4 is 32.7 Å². The molecule has 0 atom stereocenters. The number of nitriles is 1. The van der Waals surface area contributed by atoms with E-state index in [0.717, 1.165) is 44.1 Å². The molecule has 3 aromatic carbocycles. The van der Waals surface area contributed by atoms with Gasteiger partial charge < -0.3 is 4.42 Å². The van der Waals surface area contributed by atoms with E-state index in [-0.39, 0.29) is 0 Å². The first kappa shape index (κ1) is 18.2. The topological polar surface area (TPSA) is 49.8 Å². The summed E-state index contributed by atoms with van der Waals surface area (Å²) in [6, 6.07) is 21.1. The van der Waals surface area contributed by atoms with Crippen molar-refractivity contribution in [2.24, 2.45) is 0 Å². The summed E-state index contributed by atoms with van der Waals surface area (Å²) in [6.45, 7) is 2.11. The maximum atomic E-state index is 9.27. The van der Waals surface area contributed by atoms with Gasteiger partial charge in [-0.25, -0.2) is 0 Å². The molecule has 6 rings (SSSR count). The molecule has 0 amide bonds. The van der Waals surface area contributed by atoms with Crippen LogP contribution in [0.5, 0.6) is 0 Å². The Labute approximate surface area is 180 Å². The Bertz CT molecular complexity index is 1510. The molecule has 0 spiro atoms. The molecule has 1 fully saturated rings. The number of aryl methyl sites for hydroxylation is 1. The molecular weight excluding hydrogens is 380 g/mol. The lowest BCUT2D eigenvalue weighted by molar-refractivity contribution is 0.669. The zero-order chi connectivity index (χ0) is 20.9. The molecule has 3 heteroatoms. The van der Waals surface area contributed by atoms with Gasteiger partial charge in [-0.15, -0.1) is 0 Å². The van der Waals surface area contributed by atoms with Crippen molar-refractivity contribution < 1.29 is 4.42 Å². The summed E-state index contributed by atoms with van der Waals surface area (Å²) >= 11 is 0. The number of hydrogen-bond donors (Lipinski definition) is 0. The molecule has 150 valence electrons. The van der Waals surface area contributed by atoms with Gasteiger partial charge >= 0.3 is 0 Å². The van der Waals surface area contributed by atoms with Crippen LogP contribution in [0.2, 0.25) is 0 Å². The highest BCUT2D eigenvalue weighted by Crippen LogP contribution is 2.40. The zero-order valence-corrected chi connectivity index (χ0v) is 17.5. The van der Waals surface area contributed by atoms with Gasteiger partial charge in [0.25, 0.3) is 0 Å². The van der Waals surface area contributed by atoms with Crippen LogP contribution in [0.25, 0.3) is 44.0 Å². The second kappa shape index (κ2) is 6.96. The maximum absolute atomic E-state index is 9.27. The van der Waals surface area contributed by atoms with Gasteiger partial charge in [-0.1, -0.05) is 31.0 Å². The molecule has 2 aromatic heterocycles. The molecule has 1 saturated carbocycles. The third-order valence-electron chi connectivity index (χ3n) is 6.72. The molecule has 2 heterocycles. The Morgan fingerprint density at radius 1 is 0.935 bits per heavy atom. The SMILES string of the molecule is Cc1cc(-c2nccc3cc(C4CCCC4)ccc23)c2oc3cc(C#N)ccc3c2c1. The first-order valence-corrected chi connectivity index (χ1v) is 11.0. The van der Waals surface area contributed by atoms with Gasteiger partial charge in [0.15, 0.2) is 0 Å². The number of nitrogens with zero attached hydrogens (tertiary/aromatic N) is 2. The highest BCUT2D eigenvalue weighted by Gasteiger charge is 2.19. The normalized spacial score (nSPS) is 14.6. The van der Waals surface area contributed by atoms with Crippen LogP contribution in [-0.2, 0) is 0 Å². The van der Waals surface area contributed by atoms with Crippen molar-refractivity contribution in [3.8, 4) is 17.3 Å². The first-order valence-electron chi connectivity index (χ1n) is 11.0. The van der Waals surface area contributed by atoms with Crippen LogP contribution >= 0.6 is 0 Å². The molecule has 0 N–H and O–H groups in total. The standard InChI is InChI=1S/C28H22N2O/c1-17-12-24-23-8-6-18(16-29)14-26(23)31-28(24)25(13-17)27-22-9-7-20(19-4-2-3-5-19)15-21(22)10-11-30-27/h6-15,19H,2-5H2,1H3. The second-order valence-corrected chi connectivity index (χ2v) is 8.74. The van der Waals surface area contributed by atoms with Crippen LogP contribution in [0, 0.1) is 18.3 Å². The van der Waals surface area contributed by atoms with E-state index in [4.69, 9.17) is 9.40 Å². The van der Waals surface area contributed by atoms with Crippen LogP contribution in [-0.4, -0.2) is 4.98 Å². The lowest BCUT2D eigenvalue weighted by atomic mass is 9.93. The van der Waals surface area contributed by atoms with E-state index in [1.807, 2.05) is 24.4 Å². The van der Waals surface area contributed by atoms with Gasteiger partial charge in [-0.2, -0.15) is 5.26 Å². The summed E-state index contributed by atoms with van der Waals surface area (Å²) < 4.78 is 6.30. The molecule has 0 radical (unpaired) electrons. The number of benzene rings is 3. The van der Waals surface area contributed by atoms with E-state index in [1.165, 1.54) is 36.6 Å². The lowest BCUT2D eigenvalue weighted by Crippen LogP contribution is -1.93. The molecule has 1 aliphatic rings. The maximum Gasteiger partial charge on any atom is 0.144 e. The van der Waals surface area contributed by atoms with E-state index in [0.29, 0.717) is 11.5 Å².